The fraction of sp³-hybridized carbons (Fsp3) is 0.420. The van der Waals surface area contributed by atoms with Crippen molar-refractivity contribution >= 4 is 14.4 Å². The third kappa shape index (κ3) is 11.4. The van der Waals surface area contributed by atoms with Crippen molar-refractivity contribution in [1.29, 1.82) is 0 Å². The number of methoxy groups -OCH3 is 3. The zero-order chi connectivity index (χ0) is 46.8. The van der Waals surface area contributed by atoms with Crippen molar-refractivity contribution in [2.45, 2.75) is 97.0 Å². The van der Waals surface area contributed by atoms with Crippen LogP contribution in [0.2, 0.25) is 0 Å². The van der Waals surface area contributed by atoms with Gasteiger partial charge >= 0.3 is 5.69 Å². The molecule has 65 heavy (non-hydrogen) atoms. The Balaban J connectivity index is 1.38. The summed E-state index contributed by atoms with van der Waals surface area (Å²) in [4.78, 5) is 43.9. The van der Waals surface area contributed by atoms with E-state index < -0.39 is 43.8 Å². The van der Waals surface area contributed by atoms with Gasteiger partial charge in [0.25, 0.3) is 20.0 Å². The van der Waals surface area contributed by atoms with E-state index in [1.54, 1.807) is 57.4 Å². The van der Waals surface area contributed by atoms with Crippen LogP contribution in [0, 0.1) is 6.92 Å². The summed E-state index contributed by atoms with van der Waals surface area (Å²) in [6.45, 7) is 14.4. The number of nitrogens with one attached hydrogen (secondary N) is 1. The van der Waals surface area contributed by atoms with Gasteiger partial charge in [-0.15, -0.1) is 0 Å². The summed E-state index contributed by atoms with van der Waals surface area (Å²) in [5.74, 6) is 1.93. The molecule has 1 aliphatic rings. The van der Waals surface area contributed by atoms with Gasteiger partial charge in [-0.1, -0.05) is 54.6 Å². The van der Waals surface area contributed by atoms with Gasteiger partial charge < -0.3 is 37.6 Å². The average molecular weight is 911 g/mol. The summed E-state index contributed by atoms with van der Waals surface area (Å²) in [5.41, 5.74) is 1.22. The first-order valence-electron chi connectivity index (χ1n) is 22.0. The molecule has 0 radical (unpaired) electrons. The third-order valence-electron chi connectivity index (χ3n) is 11.5. The first-order valence-corrected chi connectivity index (χ1v) is 23.1. The lowest BCUT2D eigenvalue weighted by Gasteiger charge is -2.39. The Kier molecular flexibility index (Phi) is 16.8. The van der Waals surface area contributed by atoms with E-state index in [4.69, 9.17) is 32.7 Å². The molecule has 348 valence electrons. The van der Waals surface area contributed by atoms with Crippen LogP contribution in [0.1, 0.15) is 86.8 Å². The largest absolute Gasteiger partial charge is 0.497 e. The van der Waals surface area contributed by atoms with Gasteiger partial charge in [0.15, 0.2) is 0 Å². The third-order valence-corrected chi connectivity index (χ3v) is 13.7. The van der Waals surface area contributed by atoms with Crippen LogP contribution in [0.4, 0.5) is 0 Å². The number of carbonyl (C=O) groups excluding carboxylic acids is 1. The lowest BCUT2D eigenvalue weighted by molar-refractivity contribution is -0.0926. The highest BCUT2D eigenvalue weighted by Crippen LogP contribution is 2.50. The molecule has 1 aromatic heterocycles. The van der Waals surface area contributed by atoms with Crippen molar-refractivity contribution in [3.8, 4) is 17.2 Å². The fourth-order valence-electron chi connectivity index (χ4n) is 8.17. The summed E-state index contributed by atoms with van der Waals surface area (Å²) < 4.78 is 48.1. The topological polar surface area (TPSA) is 143 Å². The highest BCUT2D eigenvalue weighted by Gasteiger charge is 2.45. The van der Waals surface area contributed by atoms with Crippen molar-refractivity contribution in [3.05, 3.63) is 158 Å². The lowest BCUT2D eigenvalue weighted by Crippen LogP contribution is -2.41. The predicted octanol–water partition coefficient (Wildman–Crippen LogP) is 8.47. The predicted molar refractivity (Wildman–Crippen MR) is 252 cm³/mol. The van der Waals surface area contributed by atoms with Crippen LogP contribution < -0.4 is 25.5 Å². The smallest absolute Gasteiger partial charge is 0.330 e. The minimum Gasteiger partial charge on any atom is -0.497 e. The maximum absolute atomic E-state index is 13.8. The number of benzene rings is 4. The standard InChI is InChI=1S/C50H63N4O10P/c1-33(2)52(48(56)37-16-22-41(58-8)23-17-37)28-29-62-65(54(34(3)4)35(5)6)64-44-30-46(53-31-36(7)47(55)51-49(53)57)63-45(44)32-61-50(38-14-12-11-13-15-38,39-18-24-42(59-9)25-19-39)40-20-26-43(60-10)27-21-40/h11-27,31,33-35,44-46H,28-30,32H2,1-10H3,(H,51,55,57)/t44-,45+,46+,65?/m0/s1. The molecule has 1 saturated heterocycles. The van der Waals surface area contributed by atoms with E-state index in [0.29, 0.717) is 34.9 Å². The summed E-state index contributed by atoms with van der Waals surface area (Å²) >= 11 is 0. The normalized spacial score (nSPS) is 16.9. The van der Waals surface area contributed by atoms with E-state index in [1.165, 1.54) is 10.8 Å². The Morgan fingerprint density at radius 1 is 0.769 bits per heavy atom. The highest BCUT2D eigenvalue weighted by atomic mass is 31.2. The lowest BCUT2D eigenvalue weighted by atomic mass is 9.80. The number of amides is 1. The number of hydrogen-bond donors (Lipinski definition) is 1. The van der Waals surface area contributed by atoms with E-state index in [0.717, 1.165) is 16.7 Å². The molecule has 1 amide bonds. The van der Waals surface area contributed by atoms with Gasteiger partial charge in [-0.05, 0) is 114 Å². The Labute approximate surface area is 383 Å². The van der Waals surface area contributed by atoms with E-state index >= 15 is 0 Å². The van der Waals surface area contributed by atoms with Crippen LogP contribution in [-0.4, -0.2) is 96.4 Å². The van der Waals surface area contributed by atoms with Gasteiger partial charge in [-0.2, -0.15) is 0 Å². The Morgan fingerprint density at radius 3 is 1.80 bits per heavy atom. The van der Waals surface area contributed by atoms with Crippen LogP contribution in [0.3, 0.4) is 0 Å². The molecule has 0 spiro atoms. The maximum atomic E-state index is 13.8. The van der Waals surface area contributed by atoms with Gasteiger partial charge in [0, 0.05) is 48.4 Å². The van der Waals surface area contributed by atoms with Crippen molar-refractivity contribution in [2.75, 3.05) is 41.1 Å². The van der Waals surface area contributed by atoms with Gasteiger partial charge in [0.05, 0.1) is 40.6 Å². The molecule has 1 fully saturated rings. The fourth-order valence-corrected chi connectivity index (χ4v) is 9.91. The van der Waals surface area contributed by atoms with Gasteiger partial charge in [-0.3, -0.25) is 19.1 Å². The van der Waals surface area contributed by atoms with Crippen LogP contribution in [0.5, 0.6) is 17.2 Å². The minimum atomic E-state index is -1.79. The van der Waals surface area contributed by atoms with E-state index in [-0.39, 0.29) is 43.7 Å². The molecule has 1 unspecified atom stereocenters. The zero-order valence-electron chi connectivity index (χ0n) is 39.1. The average Bonchev–Trinajstić information content (AvgIpc) is 3.71. The molecule has 0 aliphatic carbocycles. The zero-order valence-corrected chi connectivity index (χ0v) is 40.0. The molecule has 1 N–H and O–H groups in total. The molecule has 5 aromatic rings. The highest BCUT2D eigenvalue weighted by molar-refractivity contribution is 7.44. The SMILES string of the molecule is COc1ccc(C(=O)N(CCOP(O[C@H]2C[C@H](n3cc(C)c(=O)[nH]c3=O)O[C@@H]2COC(c2ccccc2)(c2ccc(OC)cc2)c2ccc(OC)cc2)N(C(C)C)C(C)C)C(C)C)cc1. The second kappa shape index (κ2) is 22.2. The Bertz CT molecular complexity index is 2350. The van der Waals surface area contributed by atoms with Crippen LogP contribution >= 0.6 is 8.53 Å². The summed E-state index contributed by atoms with van der Waals surface area (Å²) in [7, 11) is 3.06. The Morgan fingerprint density at radius 2 is 1.29 bits per heavy atom. The Hall–Kier alpha value is -5.34. The number of H-pyrrole nitrogens is 1. The second-order valence-corrected chi connectivity index (χ2v) is 18.2. The van der Waals surface area contributed by atoms with Crippen molar-refractivity contribution in [1.82, 2.24) is 19.1 Å². The molecule has 14 nitrogen and oxygen atoms in total. The van der Waals surface area contributed by atoms with Crippen molar-refractivity contribution in [2.24, 2.45) is 0 Å². The number of hydrogen-bond acceptors (Lipinski definition) is 11. The van der Waals surface area contributed by atoms with Crippen LogP contribution in [0.25, 0.3) is 0 Å². The van der Waals surface area contributed by atoms with Crippen molar-refractivity contribution in [3.63, 3.8) is 0 Å². The van der Waals surface area contributed by atoms with Gasteiger partial charge in [0.2, 0.25) is 0 Å². The monoisotopic (exact) mass is 910 g/mol. The second-order valence-electron chi connectivity index (χ2n) is 16.8. The number of carbonyl (C=O) groups is 1. The van der Waals surface area contributed by atoms with E-state index in [2.05, 4.69) is 37.3 Å². The molecule has 0 bridgehead atoms. The summed E-state index contributed by atoms with van der Waals surface area (Å²) in [6.07, 6.45) is -0.455. The summed E-state index contributed by atoms with van der Waals surface area (Å²) in [6, 6.07) is 32.5. The molecule has 15 heteroatoms. The number of aromatic amines is 1. The minimum absolute atomic E-state index is 0.00915. The van der Waals surface area contributed by atoms with E-state index in [1.807, 2.05) is 92.7 Å². The molecular weight excluding hydrogens is 848 g/mol. The summed E-state index contributed by atoms with van der Waals surface area (Å²) in [5, 5.41) is 0. The quantitative estimate of drug-likeness (QED) is 0.0560. The first-order chi connectivity index (χ1) is 31.2. The number of ether oxygens (including phenoxy) is 5. The molecule has 0 saturated carbocycles. The van der Waals surface area contributed by atoms with Crippen LogP contribution in [0.15, 0.2) is 119 Å². The first kappa shape index (κ1) is 49.1. The molecule has 4 aromatic carbocycles. The number of rotatable bonds is 21. The van der Waals surface area contributed by atoms with E-state index in [9.17, 15) is 14.4 Å². The molecule has 1 aliphatic heterocycles. The number of aromatic nitrogens is 2. The van der Waals surface area contributed by atoms with Gasteiger partial charge in [0.1, 0.15) is 35.2 Å². The van der Waals surface area contributed by atoms with Gasteiger partial charge in [-0.25, -0.2) is 9.46 Å². The molecule has 6 rings (SSSR count). The molecule has 2 heterocycles. The number of aryl methyl sites for hydroxylation is 1. The van der Waals surface area contributed by atoms with Crippen molar-refractivity contribution < 1.29 is 37.5 Å². The molecular formula is C50H63N4O10P. The molecule has 4 atom stereocenters. The maximum Gasteiger partial charge on any atom is 0.330 e. The van der Waals surface area contributed by atoms with Crippen LogP contribution in [-0.2, 0) is 24.1 Å². The number of nitrogens with zero attached hydrogens (tertiary/aromatic N) is 3.